The molecule has 0 aliphatic carbocycles. The molecule has 2 fully saturated rings. The Morgan fingerprint density at radius 2 is 1.44 bits per heavy atom. The highest BCUT2D eigenvalue weighted by Crippen LogP contribution is 2.30. The number of nitrogens with zero attached hydrogens (tertiary/aromatic N) is 3. The van der Waals surface area contributed by atoms with E-state index in [4.69, 9.17) is 0 Å². The molecule has 98 valence electrons. The van der Waals surface area contributed by atoms with Gasteiger partial charge in [-0.25, -0.2) is 0 Å². The Labute approximate surface area is 110 Å². The van der Waals surface area contributed by atoms with Gasteiger partial charge in [0.2, 0.25) is 0 Å². The molecule has 2 bridgehead atoms. The first-order valence-electron chi connectivity index (χ1n) is 7.14. The maximum absolute atomic E-state index is 2.64. The number of hydrogen-bond donors (Lipinski definition) is 0. The number of likely N-dealkylation sites (N-methyl/N-ethyl adjacent to an activating group) is 1. The molecule has 1 aromatic carbocycles. The van der Waals surface area contributed by atoms with Crippen molar-refractivity contribution < 1.29 is 0 Å². The second-order valence-electron chi connectivity index (χ2n) is 5.29. The van der Waals surface area contributed by atoms with E-state index in [1.165, 1.54) is 51.4 Å². The van der Waals surface area contributed by atoms with Crippen LogP contribution in [0.1, 0.15) is 18.7 Å². The van der Waals surface area contributed by atoms with Crippen LogP contribution in [-0.4, -0.2) is 60.5 Å². The molecular formula is C15H23N3. The second-order valence-corrected chi connectivity index (χ2v) is 5.29. The Bertz CT molecular complexity index is 363. The summed E-state index contributed by atoms with van der Waals surface area (Å²) >= 11 is 0. The zero-order valence-corrected chi connectivity index (χ0v) is 11.3. The maximum Gasteiger partial charge on any atom is 0.0887 e. The van der Waals surface area contributed by atoms with Gasteiger partial charge in [0.05, 0.1) is 6.17 Å². The third-order valence-corrected chi connectivity index (χ3v) is 4.32. The van der Waals surface area contributed by atoms with E-state index >= 15 is 0 Å². The minimum atomic E-state index is 0.519. The largest absolute Gasteiger partial charge is 0.301 e. The molecule has 0 N–H and O–H groups in total. The van der Waals surface area contributed by atoms with Gasteiger partial charge in [0.15, 0.2) is 0 Å². The minimum Gasteiger partial charge on any atom is -0.301 e. The molecule has 2 unspecified atom stereocenters. The van der Waals surface area contributed by atoms with Gasteiger partial charge < -0.3 is 4.90 Å². The van der Waals surface area contributed by atoms with Crippen LogP contribution in [0.3, 0.4) is 0 Å². The summed E-state index contributed by atoms with van der Waals surface area (Å²) in [6, 6.07) is 11.0. The summed E-state index contributed by atoms with van der Waals surface area (Å²) in [6.07, 6.45) is 0.519. The number of rotatable bonds is 2. The SMILES string of the molecule is CCN1CCN2CCN(CC1)C2c1ccccc1. The zero-order chi connectivity index (χ0) is 12.4. The molecule has 3 heteroatoms. The van der Waals surface area contributed by atoms with Crippen LogP contribution in [0.4, 0.5) is 0 Å². The van der Waals surface area contributed by atoms with Crippen molar-refractivity contribution >= 4 is 0 Å². The van der Waals surface area contributed by atoms with Gasteiger partial charge in [-0.2, -0.15) is 0 Å². The van der Waals surface area contributed by atoms with Crippen LogP contribution in [-0.2, 0) is 0 Å². The first-order chi connectivity index (χ1) is 8.88. The topological polar surface area (TPSA) is 9.72 Å². The summed E-state index contributed by atoms with van der Waals surface area (Å²) < 4.78 is 0. The molecule has 2 heterocycles. The van der Waals surface area contributed by atoms with Gasteiger partial charge in [-0.05, 0) is 12.1 Å². The molecule has 0 amide bonds. The van der Waals surface area contributed by atoms with Gasteiger partial charge in [-0.1, -0.05) is 37.3 Å². The fourth-order valence-corrected chi connectivity index (χ4v) is 3.22. The summed E-state index contributed by atoms with van der Waals surface area (Å²) in [5.41, 5.74) is 1.46. The molecule has 1 aromatic rings. The number of benzene rings is 1. The van der Waals surface area contributed by atoms with Crippen molar-refractivity contribution in [2.45, 2.75) is 13.1 Å². The van der Waals surface area contributed by atoms with Gasteiger partial charge >= 0.3 is 0 Å². The Hall–Kier alpha value is -0.900. The Balaban J connectivity index is 1.80. The first kappa shape index (κ1) is 12.2. The predicted molar refractivity (Wildman–Crippen MR) is 74.4 cm³/mol. The highest BCUT2D eigenvalue weighted by atomic mass is 15.4. The van der Waals surface area contributed by atoms with E-state index in [-0.39, 0.29) is 0 Å². The highest BCUT2D eigenvalue weighted by Gasteiger charge is 2.34. The normalized spacial score (nSPS) is 33.1. The van der Waals surface area contributed by atoms with E-state index in [1.807, 2.05) is 0 Å². The number of hydrogen-bond acceptors (Lipinski definition) is 3. The molecule has 0 spiro atoms. The van der Waals surface area contributed by atoms with Crippen molar-refractivity contribution in [3.63, 3.8) is 0 Å². The van der Waals surface area contributed by atoms with Crippen LogP contribution in [0.25, 0.3) is 0 Å². The molecule has 0 aromatic heterocycles. The van der Waals surface area contributed by atoms with Gasteiger partial charge in [0, 0.05) is 39.3 Å². The molecule has 2 aliphatic heterocycles. The lowest BCUT2D eigenvalue weighted by Gasteiger charge is -2.36. The van der Waals surface area contributed by atoms with Crippen molar-refractivity contribution in [2.24, 2.45) is 0 Å². The molecule has 3 rings (SSSR count). The van der Waals surface area contributed by atoms with Gasteiger partial charge in [-0.15, -0.1) is 0 Å². The molecule has 0 radical (unpaired) electrons. The quantitative estimate of drug-likeness (QED) is 0.784. The fourth-order valence-electron chi connectivity index (χ4n) is 3.22. The number of fused-ring (bicyclic) bond motifs is 2. The Morgan fingerprint density at radius 3 is 2.00 bits per heavy atom. The van der Waals surface area contributed by atoms with Crippen LogP contribution >= 0.6 is 0 Å². The lowest BCUT2D eigenvalue weighted by molar-refractivity contribution is 0.0855. The summed E-state index contributed by atoms with van der Waals surface area (Å²) in [5, 5.41) is 0. The lowest BCUT2D eigenvalue weighted by Crippen LogP contribution is -2.44. The van der Waals surface area contributed by atoms with Crippen LogP contribution in [0, 0.1) is 0 Å². The van der Waals surface area contributed by atoms with Crippen molar-refractivity contribution in [3.05, 3.63) is 35.9 Å². The fraction of sp³-hybridized carbons (Fsp3) is 0.600. The van der Waals surface area contributed by atoms with Gasteiger partial charge in [0.25, 0.3) is 0 Å². The van der Waals surface area contributed by atoms with Crippen LogP contribution < -0.4 is 0 Å². The summed E-state index contributed by atoms with van der Waals surface area (Å²) in [7, 11) is 0. The van der Waals surface area contributed by atoms with Crippen LogP contribution in [0.2, 0.25) is 0 Å². The van der Waals surface area contributed by atoms with Gasteiger partial charge in [0.1, 0.15) is 0 Å². The van der Waals surface area contributed by atoms with Crippen molar-refractivity contribution in [3.8, 4) is 0 Å². The van der Waals surface area contributed by atoms with E-state index < -0.39 is 0 Å². The first-order valence-corrected chi connectivity index (χ1v) is 7.14. The van der Waals surface area contributed by atoms with E-state index in [0.29, 0.717) is 6.17 Å². The Morgan fingerprint density at radius 1 is 0.889 bits per heavy atom. The third kappa shape index (κ3) is 2.30. The van der Waals surface area contributed by atoms with Crippen molar-refractivity contribution in [1.29, 1.82) is 0 Å². The standard InChI is InChI=1S/C15H23N3/c1-2-16-8-10-17-12-13-18(11-9-16)15(17)14-6-4-3-5-7-14/h3-7,15H,2,8-13H2,1H3. The predicted octanol–water partition coefficient (Wildman–Crippen LogP) is 1.64. The van der Waals surface area contributed by atoms with E-state index in [0.717, 1.165) is 0 Å². The minimum absolute atomic E-state index is 0.519. The maximum atomic E-state index is 2.64. The summed E-state index contributed by atoms with van der Waals surface area (Å²) in [4.78, 5) is 7.83. The van der Waals surface area contributed by atoms with Gasteiger partial charge in [-0.3, -0.25) is 9.80 Å². The second kappa shape index (κ2) is 5.39. The van der Waals surface area contributed by atoms with Crippen molar-refractivity contribution in [1.82, 2.24) is 14.7 Å². The smallest absolute Gasteiger partial charge is 0.0887 e. The molecule has 0 saturated carbocycles. The van der Waals surface area contributed by atoms with Crippen LogP contribution in [0.15, 0.2) is 30.3 Å². The van der Waals surface area contributed by atoms with Crippen molar-refractivity contribution in [2.75, 3.05) is 45.8 Å². The summed E-state index contributed by atoms with van der Waals surface area (Å²) in [5.74, 6) is 0. The molecular weight excluding hydrogens is 222 g/mol. The van der Waals surface area contributed by atoms with Crippen LogP contribution in [0.5, 0.6) is 0 Å². The monoisotopic (exact) mass is 245 g/mol. The molecule has 2 aliphatic rings. The molecule has 3 nitrogen and oxygen atoms in total. The summed E-state index contributed by atoms with van der Waals surface area (Å²) in [6.45, 7) is 10.7. The Kier molecular flexibility index (Phi) is 3.64. The third-order valence-electron chi connectivity index (χ3n) is 4.32. The highest BCUT2D eigenvalue weighted by molar-refractivity contribution is 5.20. The zero-order valence-electron chi connectivity index (χ0n) is 11.3. The average molecular weight is 245 g/mol. The van der Waals surface area contributed by atoms with E-state index in [9.17, 15) is 0 Å². The molecule has 2 atom stereocenters. The van der Waals surface area contributed by atoms with E-state index in [1.54, 1.807) is 0 Å². The lowest BCUT2D eigenvalue weighted by atomic mass is 10.1. The molecule has 2 saturated heterocycles. The van der Waals surface area contributed by atoms with E-state index in [2.05, 4.69) is 52.0 Å². The molecule has 18 heavy (non-hydrogen) atoms. The average Bonchev–Trinajstić information content (AvgIpc) is 2.84.